The molecule has 1 fully saturated rings. The highest BCUT2D eigenvalue weighted by Crippen LogP contribution is 2.29. The van der Waals surface area contributed by atoms with Crippen LogP contribution in [0.15, 0.2) is 11.4 Å². The highest BCUT2D eigenvalue weighted by Gasteiger charge is 2.34. The van der Waals surface area contributed by atoms with Crippen molar-refractivity contribution in [2.45, 2.75) is 75.3 Å². The topological polar surface area (TPSA) is 107 Å². The molecule has 0 bridgehead atoms. The molecule has 0 unspecified atom stereocenters. The molecule has 28 heavy (non-hydrogen) atoms. The second-order valence-corrected chi connectivity index (χ2v) is 10.5. The first kappa shape index (κ1) is 20.7. The first-order chi connectivity index (χ1) is 13.1. The van der Waals surface area contributed by atoms with Gasteiger partial charge in [-0.1, -0.05) is 12.8 Å². The van der Waals surface area contributed by atoms with Gasteiger partial charge in [-0.15, -0.1) is 0 Å². The van der Waals surface area contributed by atoms with Crippen molar-refractivity contribution in [3.8, 4) is 0 Å². The first-order valence-electron chi connectivity index (χ1n) is 9.69. The van der Waals surface area contributed by atoms with Crippen LogP contribution in [0.3, 0.4) is 0 Å². The summed E-state index contributed by atoms with van der Waals surface area (Å²) < 4.78 is 30.6. The standard InChI is InChI=1S/C19H27N3O5S/c1-19(2,3)27-16(23)9-11-22-10-8-15-14(17(22)24)12-20-18(21-15)28(25,26)13-6-4-5-7-13/h12-13H,4-11H2,1-3H3. The van der Waals surface area contributed by atoms with Crippen LogP contribution in [-0.2, 0) is 25.8 Å². The van der Waals surface area contributed by atoms with Crippen LogP contribution in [0.2, 0.25) is 0 Å². The molecule has 2 aliphatic rings. The zero-order chi connectivity index (χ0) is 20.5. The van der Waals surface area contributed by atoms with Crippen molar-refractivity contribution in [3.63, 3.8) is 0 Å². The molecule has 8 nitrogen and oxygen atoms in total. The van der Waals surface area contributed by atoms with Gasteiger partial charge in [-0.2, -0.15) is 0 Å². The van der Waals surface area contributed by atoms with Crippen molar-refractivity contribution in [3.05, 3.63) is 17.5 Å². The van der Waals surface area contributed by atoms with Gasteiger partial charge in [0.25, 0.3) is 5.91 Å². The van der Waals surface area contributed by atoms with Gasteiger partial charge >= 0.3 is 5.97 Å². The predicted molar refractivity (Wildman–Crippen MR) is 102 cm³/mol. The summed E-state index contributed by atoms with van der Waals surface area (Å²) in [5.41, 5.74) is 0.205. The van der Waals surface area contributed by atoms with Crippen LogP contribution in [0.1, 0.15) is 68.9 Å². The van der Waals surface area contributed by atoms with E-state index in [9.17, 15) is 18.0 Å². The number of carbonyl (C=O) groups is 2. The number of ether oxygens (including phenoxy) is 1. The van der Waals surface area contributed by atoms with E-state index in [0.29, 0.717) is 37.1 Å². The number of hydrogen-bond acceptors (Lipinski definition) is 7. The Balaban J connectivity index is 1.69. The third-order valence-corrected chi connectivity index (χ3v) is 7.04. The van der Waals surface area contributed by atoms with Gasteiger partial charge in [-0.05, 0) is 33.6 Å². The van der Waals surface area contributed by atoms with Crippen molar-refractivity contribution < 1.29 is 22.7 Å². The molecule has 9 heteroatoms. The minimum absolute atomic E-state index is 0.105. The van der Waals surface area contributed by atoms with E-state index in [1.807, 2.05) is 0 Å². The Kier molecular flexibility index (Phi) is 5.74. The number of hydrogen-bond donors (Lipinski definition) is 0. The van der Waals surface area contributed by atoms with E-state index in [-0.39, 0.29) is 30.0 Å². The summed E-state index contributed by atoms with van der Waals surface area (Å²) in [5.74, 6) is -0.644. The molecule has 3 rings (SSSR count). The van der Waals surface area contributed by atoms with Gasteiger partial charge in [0, 0.05) is 25.7 Å². The summed E-state index contributed by atoms with van der Waals surface area (Å²) in [6.45, 7) is 6.01. The third kappa shape index (κ3) is 4.51. The largest absolute Gasteiger partial charge is 0.460 e. The van der Waals surface area contributed by atoms with Crippen molar-refractivity contribution in [2.75, 3.05) is 13.1 Å². The van der Waals surface area contributed by atoms with Gasteiger partial charge in [-0.25, -0.2) is 18.4 Å². The molecule has 0 spiro atoms. The maximum Gasteiger partial charge on any atom is 0.308 e. The Labute approximate surface area is 165 Å². The van der Waals surface area contributed by atoms with Crippen LogP contribution in [0.25, 0.3) is 0 Å². The van der Waals surface area contributed by atoms with Gasteiger partial charge in [0.05, 0.1) is 22.9 Å². The smallest absolute Gasteiger partial charge is 0.308 e. The molecule has 0 saturated heterocycles. The average molecular weight is 410 g/mol. The number of amides is 1. The SMILES string of the molecule is CC(C)(C)OC(=O)CCN1CCc2nc(S(=O)(=O)C3CCCC3)ncc2C1=O. The third-order valence-electron chi connectivity index (χ3n) is 4.98. The van der Waals surface area contributed by atoms with Gasteiger partial charge in [0.2, 0.25) is 15.0 Å². The number of rotatable bonds is 5. The Bertz CT molecular complexity index is 870. The zero-order valence-electron chi connectivity index (χ0n) is 16.6. The second kappa shape index (κ2) is 7.77. The lowest BCUT2D eigenvalue weighted by Gasteiger charge is -2.28. The van der Waals surface area contributed by atoms with Crippen LogP contribution in [0.5, 0.6) is 0 Å². The van der Waals surface area contributed by atoms with Gasteiger partial charge < -0.3 is 9.64 Å². The molecule has 0 atom stereocenters. The molecular weight excluding hydrogens is 382 g/mol. The van der Waals surface area contributed by atoms with Gasteiger partial charge in [0.15, 0.2) is 0 Å². The van der Waals surface area contributed by atoms with E-state index < -0.39 is 20.7 Å². The summed E-state index contributed by atoms with van der Waals surface area (Å²) in [4.78, 5) is 34.3. The molecule has 1 amide bonds. The Morgan fingerprint density at radius 1 is 1.29 bits per heavy atom. The van der Waals surface area contributed by atoms with Crippen LogP contribution in [0.4, 0.5) is 0 Å². The number of nitrogens with zero attached hydrogens (tertiary/aromatic N) is 3. The molecule has 0 radical (unpaired) electrons. The van der Waals surface area contributed by atoms with Crippen LogP contribution >= 0.6 is 0 Å². The van der Waals surface area contributed by atoms with Gasteiger partial charge in [0.1, 0.15) is 5.60 Å². The number of fused-ring (bicyclic) bond motifs is 1. The highest BCUT2D eigenvalue weighted by atomic mass is 32.2. The monoisotopic (exact) mass is 409 g/mol. The molecule has 2 heterocycles. The molecular formula is C19H27N3O5S. The van der Waals surface area contributed by atoms with E-state index in [4.69, 9.17) is 4.74 Å². The van der Waals surface area contributed by atoms with Gasteiger partial charge in [-0.3, -0.25) is 9.59 Å². The summed E-state index contributed by atoms with van der Waals surface area (Å²) >= 11 is 0. The maximum atomic E-state index is 12.7. The Morgan fingerprint density at radius 2 is 1.96 bits per heavy atom. The quantitative estimate of drug-likeness (QED) is 0.540. The molecule has 1 aromatic rings. The summed E-state index contributed by atoms with van der Waals surface area (Å²) in [6.07, 6.45) is 4.94. The van der Waals surface area contributed by atoms with Crippen molar-refractivity contribution >= 4 is 21.7 Å². The molecule has 1 aromatic heterocycles. The fourth-order valence-electron chi connectivity index (χ4n) is 3.60. The summed E-state index contributed by atoms with van der Waals surface area (Å²) in [6, 6.07) is 0. The zero-order valence-corrected chi connectivity index (χ0v) is 17.4. The number of carbonyl (C=O) groups excluding carboxylic acids is 2. The molecule has 1 saturated carbocycles. The highest BCUT2D eigenvalue weighted by molar-refractivity contribution is 7.91. The van der Waals surface area contributed by atoms with E-state index in [2.05, 4.69) is 9.97 Å². The fraction of sp³-hybridized carbons (Fsp3) is 0.684. The number of esters is 1. The van der Waals surface area contributed by atoms with E-state index >= 15 is 0 Å². The molecule has 154 valence electrons. The lowest BCUT2D eigenvalue weighted by Crippen LogP contribution is -2.40. The first-order valence-corrected chi connectivity index (χ1v) is 11.2. The average Bonchev–Trinajstić information content (AvgIpc) is 3.15. The number of aromatic nitrogens is 2. The summed E-state index contributed by atoms with van der Waals surface area (Å²) in [7, 11) is -3.55. The van der Waals surface area contributed by atoms with Crippen molar-refractivity contribution in [1.82, 2.24) is 14.9 Å². The van der Waals surface area contributed by atoms with E-state index in [0.717, 1.165) is 12.8 Å². The lowest BCUT2D eigenvalue weighted by atomic mass is 10.1. The molecule has 1 aliphatic carbocycles. The summed E-state index contributed by atoms with van der Waals surface area (Å²) in [5, 5.41) is -0.594. The van der Waals surface area contributed by atoms with Crippen LogP contribution < -0.4 is 0 Å². The molecule has 0 aromatic carbocycles. The molecule has 1 aliphatic heterocycles. The normalized spacial score (nSPS) is 18.2. The minimum atomic E-state index is -3.55. The Morgan fingerprint density at radius 3 is 2.61 bits per heavy atom. The van der Waals surface area contributed by atoms with Crippen LogP contribution in [0, 0.1) is 0 Å². The molecule has 0 N–H and O–H groups in total. The van der Waals surface area contributed by atoms with E-state index in [1.165, 1.54) is 6.20 Å². The number of sulfone groups is 1. The lowest BCUT2D eigenvalue weighted by molar-refractivity contribution is -0.155. The Hall–Kier alpha value is -2.03. The fourth-order valence-corrected chi connectivity index (χ4v) is 5.29. The predicted octanol–water partition coefficient (Wildman–Crippen LogP) is 1.92. The minimum Gasteiger partial charge on any atom is -0.460 e. The van der Waals surface area contributed by atoms with E-state index in [1.54, 1.807) is 25.7 Å². The van der Waals surface area contributed by atoms with Crippen LogP contribution in [-0.4, -0.2) is 59.1 Å². The second-order valence-electron chi connectivity index (χ2n) is 8.34. The van der Waals surface area contributed by atoms with Crippen molar-refractivity contribution in [2.24, 2.45) is 0 Å². The maximum absolute atomic E-state index is 12.7. The van der Waals surface area contributed by atoms with Crippen molar-refractivity contribution in [1.29, 1.82) is 0 Å².